The van der Waals surface area contributed by atoms with E-state index >= 15 is 0 Å². The molecule has 0 fully saturated rings. The number of anilines is 2. The van der Waals surface area contributed by atoms with Crippen molar-refractivity contribution in [3.05, 3.63) is 132 Å². The van der Waals surface area contributed by atoms with Crippen LogP contribution in [0.25, 0.3) is 11.3 Å². The number of rotatable bonds is 6. The quantitative estimate of drug-likeness (QED) is 0.291. The van der Waals surface area contributed by atoms with Gasteiger partial charge >= 0.3 is 0 Å². The largest absolute Gasteiger partial charge is 0.358 e. The lowest BCUT2D eigenvalue weighted by Gasteiger charge is -2.38. The number of nitrogens with one attached hydrogen (secondary N) is 1. The van der Waals surface area contributed by atoms with Gasteiger partial charge in [-0.3, -0.25) is 4.90 Å². The van der Waals surface area contributed by atoms with Crippen LogP contribution in [0.2, 0.25) is 0 Å². The van der Waals surface area contributed by atoms with Gasteiger partial charge in [0, 0.05) is 5.56 Å². The van der Waals surface area contributed by atoms with E-state index in [4.69, 9.17) is 4.98 Å². The van der Waals surface area contributed by atoms with Crippen molar-refractivity contribution in [2.75, 3.05) is 4.90 Å². The number of benzene rings is 3. The lowest BCUT2D eigenvalue weighted by Crippen LogP contribution is -2.45. The van der Waals surface area contributed by atoms with Gasteiger partial charge in [0.1, 0.15) is 11.6 Å². The Hall–Kier alpha value is -3.68. The molecule has 1 aromatic heterocycles. The maximum absolute atomic E-state index is 5.20. The minimum atomic E-state index is -0.365. The summed E-state index contributed by atoms with van der Waals surface area (Å²) in [5.41, 5.74) is 6.60. The lowest BCUT2D eigenvalue weighted by molar-refractivity contribution is 0.499. The molecule has 0 aliphatic carbocycles. The molecule has 0 saturated heterocycles. The Morgan fingerprint density at radius 3 is 2.44 bits per heavy atom. The maximum Gasteiger partial charge on any atom is 0.139 e. The first-order valence-corrected chi connectivity index (χ1v) is 13.0. The standard InChI is InChI=1S/C32H32N3P/c1-4-24-14-6-7-15-25(24)27-17-11-20-30(33-27)35(28-18-9-5-13-23(28)2)31-21-12-22-32(3,34-31)26-16-8-10-19-29(26)36/h5-22,34H,4,36H2,1-3H3. The van der Waals surface area contributed by atoms with Crippen molar-refractivity contribution in [3.8, 4) is 11.3 Å². The Morgan fingerprint density at radius 2 is 1.64 bits per heavy atom. The Labute approximate surface area is 216 Å². The van der Waals surface area contributed by atoms with E-state index in [0.29, 0.717) is 0 Å². The molecule has 2 heterocycles. The Bertz CT molecular complexity index is 1460. The van der Waals surface area contributed by atoms with Crippen LogP contribution in [-0.4, -0.2) is 4.98 Å². The molecule has 1 N–H and O–H groups in total. The molecule has 3 aromatic carbocycles. The van der Waals surface area contributed by atoms with Gasteiger partial charge in [-0.15, -0.1) is 9.24 Å². The lowest BCUT2D eigenvalue weighted by atomic mass is 9.89. The summed E-state index contributed by atoms with van der Waals surface area (Å²) in [6, 6.07) is 31.8. The van der Waals surface area contributed by atoms with Gasteiger partial charge in [0.25, 0.3) is 0 Å². The summed E-state index contributed by atoms with van der Waals surface area (Å²) in [4.78, 5) is 7.44. The normalized spacial score (nSPS) is 16.8. The molecule has 0 saturated carbocycles. The number of allylic oxidation sites excluding steroid dienone is 2. The maximum atomic E-state index is 5.20. The summed E-state index contributed by atoms with van der Waals surface area (Å²) >= 11 is 0. The molecule has 5 rings (SSSR count). The van der Waals surface area contributed by atoms with E-state index in [2.05, 4.69) is 149 Å². The number of pyridine rings is 1. The number of aryl methyl sites for hydroxylation is 2. The molecule has 0 radical (unpaired) electrons. The van der Waals surface area contributed by atoms with E-state index in [9.17, 15) is 0 Å². The Balaban J connectivity index is 1.63. The minimum Gasteiger partial charge on any atom is -0.358 e. The molecule has 4 heteroatoms. The monoisotopic (exact) mass is 489 g/mol. The highest BCUT2D eigenvalue weighted by atomic mass is 31.0. The van der Waals surface area contributed by atoms with Crippen molar-refractivity contribution in [2.45, 2.75) is 32.7 Å². The zero-order valence-electron chi connectivity index (χ0n) is 21.1. The van der Waals surface area contributed by atoms with Gasteiger partial charge in [-0.1, -0.05) is 91.9 Å². The topological polar surface area (TPSA) is 28.2 Å². The number of aromatic nitrogens is 1. The van der Waals surface area contributed by atoms with Crippen molar-refractivity contribution >= 4 is 26.0 Å². The van der Waals surface area contributed by atoms with Crippen molar-refractivity contribution in [2.24, 2.45) is 0 Å². The predicted octanol–water partition coefficient (Wildman–Crippen LogP) is 7.17. The fraction of sp³-hybridized carbons (Fsp3) is 0.156. The van der Waals surface area contributed by atoms with Crippen LogP contribution in [0.1, 0.15) is 30.5 Å². The smallest absolute Gasteiger partial charge is 0.139 e. The molecule has 3 nitrogen and oxygen atoms in total. The summed E-state index contributed by atoms with van der Waals surface area (Å²) in [7, 11) is 2.87. The second kappa shape index (κ2) is 10.1. The van der Waals surface area contributed by atoms with E-state index in [1.165, 1.54) is 27.6 Å². The first kappa shape index (κ1) is 24.0. The molecule has 4 aromatic rings. The van der Waals surface area contributed by atoms with Gasteiger partial charge in [0.15, 0.2) is 0 Å². The molecular formula is C32H32N3P. The van der Waals surface area contributed by atoms with Gasteiger partial charge in [0.2, 0.25) is 0 Å². The van der Waals surface area contributed by atoms with E-state index in [-0.39, 0.29) is 5.54 Å². The molecule has 1 aliphatic rings. The van der Waals surface area contributed by atoms with Crippen LogP contribution in [0.3, 0.4) is 0 Å². The van der Waals surface area contributed by atoms with Crippen molar-refractivity contribution in [1.82, 2.24) is 10.3 Å². The van der Waals surface area contributed by atoms with Gasteiger partial charge in [-0.05, 0) is 66.5 Å². The number of hydrogen-bond acceptors (Lipinski definition) is 3. The number of hydrogen-bond donors (Lipinski definition) is 1. The first-order valence-electron chi connectivity index (χ1n) is 12.4. The molecule has 0 amide bonds. The molecule has 0 spiro atoms. The van der Waals surface area contributed by atoms with E-state index in [1.54, 1.807) is 0 Å². The highest BCUT2D eigenvalue weighted by Crippen LogP contribution is 2.36. The molecule has 0 bridgehead atoms. The van der Waals surface area contributed by atoms with Crippen LogP contribution in [-0.2, 0) is 12.0 Å². The number of nitrogens with zero attached hydrogens (tertiary/aromatic N) is 2. The van der Waals surface area contributed by atoms with Crippen LogP contribution in [0.15, 0.2) is 115 Å². The molecule has 2 unspecified atom stereocenters. The second-order valence-electron chi connectivity index (χ2n) is 9.34. The third-order valence-corrected chi connectivity index (χ3v) is 7.33. The fourth-order valence-electron chi connectivity index (χ4n) is 4.91. The van der Waals surface area contributed by atoms with E-state index in [1.807, 2.05) is 0 Å². The summed E-state index contributed by atoms with van der Waals surface area (Å²) in [5, 5.41) is 5.02. The highest BCUT2D eigenvalue weighted by molar-refractivity contribution is 7.27. The minimum absolute atomic E-state index is 0.365. The van der Waals surface area contributed by atoms with Crippen molar-refractivity contribution in [1.29, 1.82) is 0 Å². The van der Waals surface area contributed by atoms with Crippen LogP contribution in [0.4, 0.5) is 11.5 Å². The number of dihydropyridines is 1. The molecular weight excluding hydrogens is 457 g/mol. The van der Waals surface area contributed by atoms with Crippen LogP contribution in [0, 0.1) is 6.92 Å². The van der Waals surface area contributed by atoms with Crippen LogP contribution < -0.4 is 15.5 Å². The van der Waals surface area contributed by atoms with Crippen molar-refractivity contribution in [3.63, 3.8) is 0 Å². The Kier molecular flexibility index (Phi) is 6.76. The Morgan fingerprint density at radius 1 is 0.889 bits per heavy atom. The van der Waals surface area contributed by atoms with Gasteiger partial charge in [-0.25, -0.2) is 4.98 Å². The number of para-hydroxylation sites is 1. The average Bonchev–Trinajstić information content (AvgIpc) is 2.90. The molecule has 2 atom stereocenters. The molecule has 36 heavy (non-hydrogen) atoms. The average molecular weight is 490 g/mol. The summed E-state index contributed by atoms with van der Waals surface area (Å²) < 4.78 is 0. The van der Waals surface area contributed by atoms with Gasteiger partial charge in [0.05, 0.1) is 16.9 Å². The highest BCUT2D eigenvalue weighted by Gasteiger charge is 2.31. The summed E-state index contributed by atoms with van der Waals surface area (Å²) in [6.45, 7) is 6.56. The first-order chi connectivity index (χ1) is 17.5. The van der Waals surface area contributed by atoms with E-state index in [0.717, 1.165) is 29.4 Å². The molecule has 180 valence electrons. The van der Waals surface area contributed by atoms with Crippen LogP contribution >= 0.6 is 9.24 Å². The predicted molar refractivity (Wildman–Crippen MR) is 156 cm³/mol. The third kappa shape index (κ3) is 4.59. The summed E-state index contributed by atoms with van der Waals surface area (Å²) in [6.07, 6.45) is 7.46. The van der Waals surface area contributed by atoms with Gasteiger partial charge in [-0.2, -0.15) is 0 Å². The van der Waals surface area contributed by atoms with E-state index < -0.39 is 0 Å². The van der Waals surface area contributed by atoms with Crippen LogP contribution in [0.5, 0.6) is 0 Å². The zero-order valence-corrected chi connectivity index (χ0v) is 22.2. The fourth-order valence-corrected chi connectivity index (χ4v) is 5.41. The second-order valence-corrected chi connectivity index (χ2v) is 9.96. The van der Waals surface area contributed by atoms with Gasteiger partial charge < -0.3 is 5.32 Å². The molecule has 1 aliphatic heterocycles. The third-order valence-electron chi connectivity index (χ3n) is 6.83. The summed E-state index contributed by atoms with van der Waals surface area (Å²) in [5.74, 6) is 1.86. The zero-order chi connectivity index (χ0) is 25.1. The van der Waals surface area contributed by atoms with Crippen molar-refractivity contribution < 1.29 is 0 Å². The SMILES string of the molecule is CCc1ccccc1-c1cccc(N(C2=CC=CC(C)(c3ccccc3P)N2)c2ccccc2C)n1.